The maximum Gasteiger partial charge on any atom is 0.150 e. The minimum atomic E-state index is -0.432. The molecule has 1 N–H and O–H groups in total. The molecule has 2 nitrogen and oxygen atoms in total. The minimum Gasteiger partial charge on any atom is -0.507 e. The van der Waals surface area contributed by atoms with Crippen molar-refractivity contribution in [2.45, 2.75) is 52.4 Å². The summed E-state index contributed by atoms with van der Waals surface area (Å²) in [5, 5.41) is 12.4. The van der Waals surface area contributed by atoms with Gasteiger partial charge in [0.1, 0.15) is 11.6 Å². The van der Waals surface area contributed by atoms with Gasteiger partial charge in [-0.15, -0.1) is 0 Å². The van der Waals surface area contributed by atoms with E-state index in [1.165, 1.54) is 12.1 Å². The fourth-order valence-electron chi connectivity index (χ4n) is 2.62. The van der Waals surface area contributed by atoms with Crippen LogP contribution in [0, 0.1) is 5.82 Å². The highest BCUT2D eigenvalue weighted by molar-refractivity contribution is 7.56. The van der Waals surface area contributed by atoms with E-state index in [4.69, 9.17) is 0 Å². The van der Waals surface area contributed by atoms with E-state index in [-0.39, 0.29) is 25.2 Å². The summed E-state index contributed by atoms with van der Waals surface area (Å²) in [6.45, 7) is 12.6. The second-order valence-corrected chi connectivity index (χ2v) is 9.72. The first kappa shape index (κ1) is 19.6. The molecule has 2 aromatic rings. The zero-order chi connectivity index (χ0) is 19.0. The Hall–Kier alpha value is -1.73. The SMILES string of the molecule is CC(C)(C)c1cc(Pc2ccc(F)cc2C=O)c(O)c(C(C)(C)C)c1. The zero-order valence-electron chi connectivity index (χ0n) is 15.7. The molecule has 0 heterocycles. The van der Waals surface area contributed by atoms with Crippen molar-refractivity contribution in [3.05, 3.63) is 52.8 Å². The first-order valence-electron chi connectivity index (χ1n) is 8.33. The van der Waals surface area contributed by atoms with Crippen LogP contribution in [-0.4, -0.2) is 11.4 Å². The Morgan fingerprint density at radius 3 is 2.12 bits per heavy atom. The van der Waals surface area contributed by atoms with Crippen molar-refractivity contribution in [3.8, 4) is 5.75 Å². The largest absolute Gasteiger partial charge is 0.507 e. The molecule has 1 unspecified atom stereocenters. The van der Waals surface area contributed by atoms with E-state index >= 15 is 0 Å². The molecule has 0 saturated heterocycles. The van der Waals surface area contributed by atoms with E-state index in [9.17, 15) is 14.3 Å². The standard InChI is InChI=1S/C21H26FO2P/c1-20(2,3)14-10-16(21(4,5)6)19(24)18(11-14)25-17-8-7-15(22)9-13(17)12-23/h7-12,24-25H,1-6H3. The maximum atomic E-state index is 13.4. The van der Waals surface area contributed by atoms with Gasteiger partial charge in [0, 0.05) is 16.4 Å². The minimum absolute atomic E-state index is 0.0663. The summed E-state index contributed by atoms with van der Waals surface area (Å²) >= 11 is 0. The Morgan fingerprint density at radius 2 is 1.60 bits per heavy atom. The van der Waals surface area contributed by atoms with Gasteiger partial charge in [0.15, 0.2) is 6.29 Å². The Kier molecular flexibility index (Phi) is 5.39. The lowest BCUT2D eigenvalue weighted by molar-refractivity contribution is 0.112. The molecule has 0 radical (unpaired) electrons. The summed E-state index contributed by atoms with van der Waals surface area (Å²) in [5.74, 6) is -0.168. The summed E-state index contributed by atoms with van der Waals surface area (Å²) < 4.78 is 13.4. The van der Waals surface area contributed by atoms with Crippen molar-refractivity contribution < 1.29 is 14.3 Å². The molecule has 2 rings (SSSR count). The first-order chi connectivity index (χ1) is 11.4. The molecule has 4 heteroatoms. The monoisotopic (exact) mass is 360 g/mol. The molecule has 1 atom stereocenters. The summed E-state index contributed by atoms with van der Waals surface area (Å²) in [4.78, 5) is 11.3. The lowest BCUT2D eigenvalue weighted by Crippen LogP contribution is -2.21. The number of carbonyl (C=O) groups excluding carboxylic acids is 1. The lowest BCUT2D eigenvalue weighted by Gasteiger charge is -2.27. The fraction of sp³-hybridized carbons (Fsp3) is 0.381. The lowest BCUT2D eigenvalue weighted by atomic mass is 9.80. The van der Waals surface area contributed by atoms with Gasteiger partial charge in [-0.2, -0.15) is 0 Å². The third-order valence-corrected chi connectivity index (χ3v) is 5.57. The normalized spacial score (nSPS) is 12.8. The topological polar surface area (TPSA) is 37.3 Å². The Morgan fingerprint density at radius 1 is 0.960 bits per heavy atom. The maximum absolute atomic E-state index is 13.4. The molecule has 0 aliphatic rings. The molecule has 0 bridgehead atoms. The number of phenolic OH excluding ortho intramolecular Hbond substituents is 1. The van der Waals surface area contributed by atoms with Gasteiger partial charge in [-0.25, -0.2) is 4.39 Å². The van der Waals surface area contributed by atoms with E-state index in [2.05, 4.69) is 47.6 Å². The molecule has 25 heavy (non-hydrogen) atoms. The van der Waals surface area contributed by atoms with Crippen LogP contribution in [-0.2, 0) is 10.8 Å². The van der Waals surface area contributed by atoms with Gasteiger partial charge in [-0.05, 0) is 39.9 Å². The Bertz CT molecular complexity index is 799. The van der Waals surface area contributed by atoms with Crippen LogP contribution < -0.4 is 10.6 Å². The summed E-state index contributed by atoms with van der Waals surface area (Å²) in [6.07, 6.45) is 0.667. The van der Waals surface area contributed by atoms with Crippen LogP contribution in [0.1, 0.15) is 63.0 Å². The second-order valence-electron chi connectivity index (χ2n) is 8.39. The smallest absolute Gasteiger partial charge is 0.150 e. The predicted molar refractivity (Wildman–Crippen MR) is 105 cm³/mol. The molecule has 0 fully saturated rings. The number of benzene rings is 2. The van der Waals surface area contributed by atoms with Crippen LogP contribution in [0.5, 0.6) is 5.75 Å². The number of hydrogen-bond acceptors (Lipinski definition) is 2. The van der Waals surface area contributed by atoms with E-state index in [1.54, 1.807) is 6.07 Å². The van der Waals surface area contributed by atoms with Crippen LogP contribution in [0.25, 0.3) is 0 Å². The van der Waals surface area contributed by atoms with Crippen molar-refractivity contribution in [3.63, 3.8) is 0 Å². The first-order valence-corrected chi connectivity index (χ1v) is 9.33. The highest BCUT2D eigenvalue weighted by Gasteiger charge is 2.25. The number of aromatic hydroxyl groups is 1. The number of phenols is 1. The molecule has 0 saturated carbocycles. The van der Waals surface area contributed by atoms with Crippen molar-refractivity contribution in [1.82, 2.24) is 0 Å². The average Bonchev–Trinajstić information content (AvgIpc) is 2.48. The van der Waals surface area contributed by atoms with Gasteiger partial charge in [0.25, 0.3) is 0 Å². The van der Waals surface area contributed by atoms with Crippen LogP contribution in [0.15, 0.2) is 30.3 Å². The van der Waals surface area contributed by atoms with E-state index in [0.29, 0.717) is 11.8 Å². The van der Waals surface area contributed by atoms with Crippen molar-refractivity contribution in [2.24, 2.45) is 0 Å². The fourth-order valence-corrected chi connectivity index (χ4v) is 3.84. The van der Waals surface area contributed by atoms with E-state index < -0.39 is 5.82 Å². The Labute approximate surface area is 151 Å². The summed E-state index contributed by atoms with van der Waals surface area (Å²) in [7, 11) is 0.0806. The van der Waals surface area contributed by atoms with Crippen LogP contribution >= 0.6 is 8.58 Å². The van der Waals surface area contributed by atoms with Crippen molar-refractivity contribution in [1.29, 1.82) is 0 Å². The molecule has 0 aromatic heterocycles. The molecule has 0 spiro atoms. The van der Waals surface area contributed by atoms with Gasteiger partial charge < -0.3 is 5.11 Å². The van der Waals surface area contributed by atoms with Crippen LogP contribution in [0.2, 0.25) is 0 Å². The number of rotatable bonds is 3. The zero-order valence-corrected chi connectivity index (χ0v) is 16.7. The average molecular weight is 360 g/mol. The Balaban J connectivity index is 2.63. The molecule has 0 amide bonds. The number of hydrogen-bond donors (Lipinski definition) is 1. The molecular weight excluding hydrogens is 334 g/mol. The molecule has 0 aliphatic carbocycles. The number of halogens is 1. The van der Waals surface area contributed by atoms with Crippen molar-refractivity contribution in [2.75, 3.05) is 0 Å². The van der Waals surface area contributed by atoms with Crippen molar-refractivity contribution >= 4 is 25.5 Å². The third kappa shape index (κ3) is 4.46. The molecule has 0 aliphatic heterocycles. The van der Waals surface area contributed by atoms with E-state index in [0.717, 1.165) is 21.7 Å². The van der Waals surface area contributed by atoms with Gasteiger partial charge in [0.2, 0.25) is 0 Å². The molecular formula is C21H26FO2P. The quantitative estimate of drug-likeness (QED) is 0.643. The van der Waals surface area contributed by atoms with Crippen LogP contribution in [0.3, 0.4) is 0 Å². The predicted octanol–water partition coefficient (Wildman–Crippen LogP) is 4.57. The van der Waals surface area contributed by atoms with Crippen LogP contribution in [0.4, 0.5) is 4.39 Å². The number of aldehydes is 1. The van der Waals surface area contributed by atoms with Gasteiger partial charge in [-0.3, -0.25) is 4.79 Å². The highest BCUT2D eigenvalue weighted by Crippen LogP contribution is 2.36. The summed E-state index contributed by atoms with van der Waals surface area (Å²) in [6, 6.07) is 8.28. The third-order valence-electron chi connectivity index (χ3n) is 4.19. The molecule has 2 aromatic carbocycles. The van der Waals surface area contributed by atoms with Gasteiger partial charge in [-0.1, -0.05) is 62.3 Å². The number of carbonyl (C=O) groups is 1. The second kappa shape index (κ2) is 6.88. The van der Waals surface area contributed by atoms with Gasteiger partial charge in [0.05, 0.1) is 0 Å². The van der Waals surface area contributed by atoms with Gasteiger partial charge >= 0.3 is 0 Å². The summed E-state index contributed by atoms with van der Waals surface area (Å²) in [5.41, 5.74) is 2.07. The molecule has 134 valence electrons. The highest BCUT2D eigenvalue weighted by atomic mass is 31.1. The van der Waals surface area contributed by atoms with E-state index in [1.807, 2.05) is 6.07 Å².